The normalized spacial score (nSPS) is 13.6. The number of hydrogen-bond acceptors (Lipinski definition) is 5. The van der Waals surface area contributed by atoms with Gasteiger partial charge in [0.05, 0.1) is 11.8 Å². The molecular weight excluding hydrogens is 234 g/mol. The zero-order chi connectivity index (χ0) is 13.1. The van der Waals surface area contributed by atoms with E-state index in [1.165, 1.54) is 0 Å². The Morgan fingerprint density at radius 1 is 1.56 bits per heavy atom. The Balaban J connectivity index is 2.45. The van der Waals surface area contributed by atoms with Gasteiger partial charge in [0.2, 0.25) is 5.91 Å². The molecular formula is C12H11N3O3. The molecule has 18 heavy (non-hydrogen) atoms. The fraction of sp³-hybridized carbons (Fsp3) is 0.250. The highest BCUT2D eigenvalue weighted by atomic mass is 16.5. The number of ether oxygens (including phenoxy) is 1. The van der Waals surface area contributed by atoms with Gasteiger partial charge < -0.3 is 10.5 Å². The third-order valence-corrected chi connectivity index (χ3v) is 2.58. The van der Waals surface area contributed by atoms with E-state index in [1.54, 1.807) is 24.3 Å². The number of carbonyl (C=O) groups excluding carboxylic acids is 2. The van der Waals surface area contributed by atoms with Crippen LogP contribution in [0.2, 0.25) is 0 Å². The highest BCUT2D eigenvalue weighted by Gasteiger charge is 2.30. The number of nitrogens with zero attached hydrogens (tertiary/aromatic N) is 2. The third kappa shape index (κ3) is 2.04. The lowest BCUT2D eigenvalue weighted by atomic mass is 10.1. The number of anilines is 1. The van der Waals surface area contributed by atoms with Crippen molar-refractivity contribution >= 4 is 17.5 Å². The van der Waals surface area contributed by atoms with Gasteiger partial charge in [0.1, 0.15) is 12.2 Å². The Hall–Kier alpha value is -2.39. The lowest BCUT2D eigenvalue weighted by molar-refractivity contribution is -0.128. The van der Waals surface area contributed by atoms with Gasteiger partial charge in [0.15, 0.2) is 6.61 Å². The number of hydrogen-bond donors (Lipinski definition) is 1. The van der Waals surface area contributed by atoms with Gasteiger partial charge in [-0.1, -0.05) is 6.07 Å². The van der Waals surface area contributed by atoms with E-state index >= 15 is 0 Å². The number of nitrogens with two attached hydrogens (primary N) is 1. The van der Waals surface area contributed by atoms with Crippen molar-refractivity contribution in [3.63, 3.8) is 0 Å². The van der Waals surface area contributed by atoms with E-state index < -0.39 is 11.8 Å². The van der Waals surface area contributed by atoms with E-state index in [9.17, 15) is 9.59 Å². The van der Waals surface area contributed by atoms with Crippen LogP contribution in [0.1, 0.15) is 12.0 Å². The summed E-state index contributed by atoms with van der Waals surface area (Å²) in [7, 11) is 0. The van der Waals surface area contributed by atoms with E-state index in [0.717, 1.165) is 10.5 Å². The zero-order valence-electron chi connectivity index (χ0n) is 9.55. The lowest BCUT2D eigenvalue weighted by Gasteiger charge is -2.27. The van der Waals surface area contributed by atoms with Crippen LogP contribution in [-0.2, 0) is 16.1 Å². The van der Waals surface area contributed by atoms with Gasteiger partial charge in [0.25, 0.3) is 5.91 Å². The first-order valence-electron chi connectivity index (χ1n) is 5.36. The molecule has 0 bridgehead atoms. The number of rotatable bonds is 2. The van der Waals surface area contributed by atoms with Crippen LogP contribution in [0.4, 0.5) is 5.69 Å². The maximum atomic E-state index is 11.8. The minimum absolute atomic E-state index is 0.202. The van der Waals surface area contributed by atoms with Crippen molar-refractivity contribution in [2.45, 2.75) is 13.0 Å². The minimum Gasteiger partial charge on any atom is -0.482 e. The summed E-state index contributed by atoms with van der Waals surface area (Å²) in [5, 5.41) is 8.54. The predicted octanol–water partition coefficient (Wildman–Crippen LogP) is 0.311. The van der Waals surface area contributed by atoms with Crippen LogP contribution >= 0.6 is 0 Å². The van der Waals surface area contributed by atoms with E-state index in [1.807, 2.05) is 0 Å². The number of benzene rings is 1. The maximum Gasteiger partial charge on any atom is 0.271 e. The fourth-order valence-electron chi connectivity index (χ4n) is 1.75. The highest BCUT2D eigenvalue weighted by Crippen LogP contribution is 2.33. The Kier molecular flexibility index (Phi) is 3.26. The molecule has 1 aromatic rings. The molecule has 1 heterocycles. The van der Waals surface area contributed by atoms with Crippen molar-refractivity contribution in [1.29, 1.82) is 5.26 Å². The van der Waals surface area contributed by atoms with Gasteiger partial charge in [0, 0.05) is 6.54 Å². The Bertz CT molecular complexity index is 548. The maximum absolute atomic E-state index is 11.8. The van der Waals surface area contributed by atoms with E-state index in [2.05, 4.69) is 0 Å². The Morgan fingerprint density at radius 2 is 2.33 bits per heavy atom. The van der Waals surface area contributed by atoms with E-state index in [4.69, 9.17) is 15.7 Å². The predicted molar refractivity (Wildman–Crippen MR) is 62.6 cm³/mol. The summed E-state index contributed by atoms with van der Waals surface area (Å²) in [4.78, 5) is 24.5. The molecule has 92 valence electrons. The summed E-state index contributed by atoms with van der Waals surface area (Å²) in [5.74, 6) is -0.587. The van der Waals surface area contributed by atoms with E-state index in [-0.39, 0.29) is 13.0 Å². The van der Waals surface area contributed by atoms with Gasteiger partial charge >= 0.3 is 0 Å². The Labute approximate surface area is 104 Å². The molecule has 0 atom stereocenters. The topological polar surface area (TPSA) is 96.4 Å². The molecule has 1 aliphatic rings. The van der Waals surface area contributed by atoms with Crippen molar-refractivity contribution in [1.82, 2.24) is 0 Å². The van der Waals surface area contributed by atoms with Crippen molar-refractivity contribution in [3.05, 3.63) is 23.8 Å². The van der Waals surface area contributed by atoms with Crippen LogP contribution in [0, 0.1) is 11.3 Å². The largest absolute Gasteiger partial charge is 0.482 e. The van der Waals surface area contributed by atoms with Gasteiger partial charge in [-0.2, -0.15) is 5.26 Å². The van der Waals surface area contributed by atoms with Crippen LogP contribution in [0.15, 0.2) is 18.2 Å². The lowest BCUT2D eigenvalue weighted by Crippen LogP contribution is -2.43. The number of carbonyl (C=O) groups is 2. The SMILES string of the molecule is N#CCC(=O)N1C(=O)COc2ccc(CN)cc21. The molecule has 1 aliphatic heterocycles. The molecule has 0 spiro atoms. The number of nitriles is 1. The second-order valence-corrected chi connectivity index (χ2v) is 3.75. The van der Waals surface area contributed by atoms with Crippen molar-refractivity contribution in [2.24, 2.45) is 5.73 Å². The highest BCUT2D eigenvalue weighted by molar-refractivity contribution is 6.17. The van der Waals surface area contributed by atoms with E-state index in [0.29, 0.717) is 18.0 Å². The van der Waals surface area contributed by atoms with Crippen LogP contribution in [0.25, 0.3) is 0 Å². The number of amides is 2. The average molecular weight is 245 g/mol. The Morgan fingerprint density at radius 3 is 3.00 bits per heavy atom. The summed E-state index contributed by atoms with van der Waals surface area (Å²) in [6.07, 6.45) is -0.349. The molecule has 0 fully saturated rings. The summed E-state index contributed by atoms with van der Waals surface area (Å²) in [5.41, 5.74) is 6.65. The standard InChI is InChI=1S/C12H11N3O3/c13-4-3-11(16)15-9-5-8(6-14)1-2-10(9)18-7-12(15)17/h1-2,5H,3,6-7,14H2. The van der Waals surface area contributed by atoms with Gasteiger partial charge in [-0.25, -0.2) is 4.90 Å². The first-order chi connectivity index (χ1) is 8.67. The molecule has 0 saturated heterocycles. The molecule has 0 aliphatic carbocycles. The van der Waals surface area contributed by atoms with Crippen LogP contribution < -0.4 is 15.4 Å². The summed E-state index contributed by atoms with van der Waals surface area (Å²) < 4.78 is 5.23. The monoisotopic (exact) mass is 245 g/mol. The molecule has 0 aromatic heterocycles. The van der Waals surface area contributed by atoms with Crippen molar-refractivity contribution < 1.29 is 14.3 Å². The van der Waals surface area contributed by atoms with Gasteiger partial charge in [-0.3, -0.25) is 9.59 Å². The molecule has 2 rings (SSSR count). The van der Waals surface area contributed by atoms with Crippen LogP contribution in [-0.4, -0.2) is 18.4 Å². The summed E-state index contributed by atoms with van der Waals surface area (Å²) >= 11 is 0. The molecule has 0 radical (unpaired) electrons. The second-order valence-electron chi connectivity index (χ2n) is 3.75. The molecule has 2 amide bonds. The first kappa shape index (κ1) is 12.1. The van der Waals surface area contributed by atoms with Crippen LogP contribution in [0.5, 0.6) is 5.75 Å². The number of fused-ring (bicyclic) bond motifs is 1. The van der Waals surface area contributed by atoms with Gasteiger partial charge in [-0.05, 0) is 17.7 Å². The quantitative estimate of drug-likeness (QED) is 0.808. The summed E-state index contributed by atoms with van der Waals surface area (Å²) in [6, 6.07) is 6.79. The van der Waals surface area contributed by atoms with Crippen molar-refractivity contribution in [3.8, 4) is 11.8 Å². The van der Waals surface area contributed by atoms with Gasteiger partial charge in [-0.15, -0.1) is 0 Å². The molecule has 6 heteroatoms. The first-order valence-corrected chi connectivity index (χ1v) is 5.36. The minimum atomic E-state index is -0.554. The molecule has 0 saturated carbocycles. The summed E-state index contributed by atoms with van der Waals surface area (Å²) in [6.45, 7) is 0.0912. The smallest absolute Gasteiger partial charge is 0.271 e. The second kappa shape index (κ2) is 4.85. The third-order valence-electron chi connectivity index (χ3n) is 2.58. The molecule has 6 nitrogen and oxygen atoms in total. The molecule has 2 N–H and O–H groups in total. The van der Waals surface area contributed by atoms with Crippen LogP contribution in [0.3, 0.4) is 0 Å². The molecule has 1 aromatic carbocycles. The molecule has 0 unspecified atom stereocenters. The number of imide groups is 1. The van der Waals surface area contributed by atoms with Crippen molar-refractivity contribution in [2.75, 3.05) is 11.5 Å². The zero-order valence-corrected chi connectivity index (χ0v) is 9.55. The fourth-order valence-corrected chi connectivity index (χ4v) is 1.75. The average Bonchev–Trinajstić information content (AvgIpc) is 2.38.